The lowest BCUT2D eigenvalue weighted by Crippen LogP contribution is -2.07. The number of thiol groups is 2. The maximum atomic E-state index is 5.07. The molecule has 1 saturated heterocycles. The van der Waals surface area contributed by atoms with Crippen LogP contribution in [0, 0.1) is 0 Å². The monoisotopic (exact) mass is 136 g/mol. The van der Waals surface area contributed by atoms with Gasteiger partial charge in [-0.05, 0) is 12.8 Å². The molecule has 0 aromatic heterocycles. The molecular weight excluding hydrogens is 128 g/mol. The Hall–Kier alpha value is 0.660. The SMILES string of the molecule is SC1(S)CCCO1. The molecule has 0 saturated carbocycles. The van der Waals surface area contributed by atoms with Crippen LogP contribution in [0.15, 0.2) is 0 Å². The average molecular weight is 136 g/mol. The van der Waals surface area contributed by atoms with Crippen molar-refractivity contribution in [3.63, 3.8) is 0 Å². The summed E-state index contributed by atoms with van der Waals surface area (Å²) in [6, 6.07) is 0. The highest BCUT2D eigenvalue weighted by atomic mass is 32.2. The maximum absolute atomic E-state index is 5.07. The van der Waals surface area contributed by atoms with Crippen LogP contribution < -0.4 is 0 Å². The van der Waals surface area contributed by atoms with E-state index in [0.29, 0.717) is 0 Å². The first-order valence-corrected chi connectivity index (χ1v) is 3.19. The van der Waals surface area contributed by atoms with Crippen LogP contribution in [0.1, 0.15) is 12.8 Å². The summed E-state index contributed by atoms with van der Waals surface area (Å²) >= 11 is 8.18. The topological polar surface area (TPSA) is 9.23 Å². The van der Waals surface area contributed by atoms with Gasteiger partial charge in [0.1, 0.15) is 0 Å². The van der Waals surface area contributed by atoms with Crippen molar-refractivity contribution in [3.8, 4) is 0 Å². The Morgan fingerprint density at radius 1 is 1.43 bits per heavy atom. The van der Waals surface area contributed by atoms with Gasteiger partial charge in [-0.3, -0.25) is 0 Å². The summed E-state index contributed by atoms with van der Waals surface area (Å²) in [5.74, 6) is 0. The molecule has 0 aromatic rings. The summed E-state index contributed by atoms with van der Waals surface area (Å²) in [5, 5.41) is 0. The third kappa shape index (κ3) is 1.55. The van der Waals surface area contributed by atoms with Crippen molar-refractivity contribution in [1.82, 2.24) is 0 Å². The van der Waals surface area contributed by atoms with Gasteiger partial charge in [-0.25, -0.2) is 0 Å². The Kier molecular flexibility index (Phi) is 1.55. The fourth-order valence-electron chi connectivity index (χ4n) is 0.610. The van der Waals surface area contributed by atoms with Gasteiger partial charge < -0.3 is 4.74 Å². The van der Waals surface area contributed by atoms with E-state index in [-0.39, 0.29) is 0 Å². The number of rotatable bonds is 0. The summed E-state index contributed by atoms with van der Waals surface area (Å²) in [6.45, 7) is 0.812. The molecule has 0 atom stereocenters. The first-order chi connectivity index (χ1) is 3.21. The molecule has 0 aliphatic carbocycles. The normalized spacial score (nSPS) is 28.3. The summed E-state index contributed by atoms with van der Waals surface area (Å²) in [5.41, 5.74) is 0. The van der Waals surface area contributed by atoms with E-state index in [4.69, 9.17) is 4.74 Å². The van der Waals surface area contributed by atoms with Crippen LogP contribution in [-0.2, 0) is 4.74 Å². The van der Waals surface area contributed by atoms with Crippen LogP contribution in [0.25, 0.3) is 0 Å². The zero-order valence-electron chi connectivity index (χ0n) is 3.92. The van der Waals surface area contributed by atoms with Crippen molar-refractivity contribution in [2.75, 3.05) is 6.61 Å². The molecular formula is C4H8OS2. The highest BCUT2D eigenvalue weighted by molar-refractivity contribution is 8.00. The number of hydrogen-bond donors (Lipinski definition) is 2. The molecule has 0 bridgehead atoms. The van der Waals surface area contributed by atoms with Crippen LogP contribution in [0.5, 0.6) is 0 Å². The van der Waals surface area contributed by atoms with Gasteiger partial charge in [0.05, 0.1) is 0 Å². The molecule has 1 heterocycles. The number of ether oxygens (including phenoxy) is 1. The van der Waals surface area contributed by atoms with E-state index in [9.17, 15) is 0 Å². The van der Waals surface area contributed by atoms with Crippen LogP contribution in [0.4, 0.5) is 0 Å². The summed E-state index contributed by atoms with van der Waals surface area (Å²) in [7, 11) is 0. The van der Waals surface area contributed by atoms with Crippen molar-refractivity contribution in [1.29, 1.82) is 0 Å². The van der Waals surface area contributed by atoms with Crippen molar-refractivity contribution >= 4 is 25.3 Å². The predicted octanol–water partition coefficient (Wildman–Crippen LogP) is 1.31. The molecule has 1 aliphatic rings. The zero-order valence-corrected chi connectivity index (χ0v) is 5.71. The molecule has 1 aliphatic heterocycles. The standard InChI is InChI=1S/C4H8OS2/c6-4(7)2-1-3-5-4/h6-7H,1-3H2. The van der Waals surface area contributed by atoms with E-state index < -0.39 is 4.27 Å². The predicted molar refractivity (Wildman–Crippen MR) is 35.9 cm³/mol. The summed E-state index contributed by atoms with van der Waals surface area (Å²) in [6.07, 6.45) is 2.05. The molecule has 3 heteroatoms. The average Bonchev–Trinajstić information content (AvgIpc) is 1.84. The minimum atomic E-state index is -0.417. The van der Waals surface area contributed by atoms with Crippen LogP contribution in [0.3, 0.4) is 0 Å². The molecule has 0 aromatic carbocycles. The molecule has 7 heavy (non-hydrogen) atoms. The molecule has 0 radical (unpaired) electrons. The highest BCUT2D eigenvalue weighted by Gasteiger charge is 2.25. The molecule has 1 fully saturated rings. The highest BCUT2D eigenvalue weighted by Crippen LogP contribution is 2.32. The lowest BCUT2D eigenvalue weighted by atomic mass is 10.4. The molecule has 1 rings (SSSR count). The molecule has 1 nitrogen and oxygen atoms in total. The number of hydrogen-bond acceptors (Lipinski definition) is 3. The van der Waals surface area contributed by atoms with E-state index in [2.05, 4.69) is 25.3 Å². The lowest BCUT2D eigenvalue weighted by Gasteiger charge is -2.11. The van der Waals surface area contributed by atoms with E-state index >= 15 is 0 Å². The van der Waals surface area contributed by atoms with Crippen molar-refractivity contribution in [3.05, 3.63) is 0 Å². The Labute approximate surface area is 54.3 Å². The van der Waals surface area contributed by atoms with Gasteiger partial charge in [-0.15, -0.1) is 25.3 Å². The quantitative estimate of drug-likeness (QED) is 0.377. The summed E-state index contributed by atoms with van der Waals surface area (Å²) < 4.78 is 4.65. The minimum absolute atomic E-state index is 0.417. The Bertz CT molecular complexity index is 64.1. The lowest BCUT2D eigenvalue weighted by molar-refractivity contribution is 0.153. The third-order valence-electron chi connectivity index (χ3n) is 0.980. The second kappa shape index (κ2) is 1.88. The minimum Gasteiger partial charge on any atom is -0.355 e. The van der Waals surface area contributed by atoms with E-state index in [1.54, 1.807) is 0 Å². The Morgan fingerprint density at radius 3 is 2.29 bits per heavy atom. The van der Waals surface area contributed by atoms with E-state index in [1.807, 2.05) is 0 Å². The van der Waals surface area contributed by atoms with Gasteiger partial charge in [0.15, 0.2) is 4.27 Å². The zero-order chi connectivity index (χ0) is 5.33. The van der Waals surface area contributed by atoms with E-state index in [1.165, 1.54) is 0 Å². The first-order valence-electron chi connectivity index (χ1n) is 2.29. The Morgan fingerprint density at radius 2 is 2.14 bits per heavy atom. The molecule has 0 amide bonds. The molecule has 42 valence electrons. The van der Waals surface area contributed by atoms with Gasteiger partial charge in [0, 0.05) is 6.61 Å². The van der Waals surface area contributed by atoms with Gasteiger partial charge in [-0.1, -0.05) is 0 Å². The molecule has 0 spiro atoms. The maximum Gasteiger partial charge on any atom is 0.155 e. The first kappa shape index (κ1) is 5.79. The fourth-order valence-corrected chi connectivity index (χ4v) is 1.11. The largest absolute Gasteiger partial charge is 0.355 e. The van der Waals surface area contributed by atoms with Gasteiger partial charge in [0.25, 0.3) is 0 Å². The van der Waals surface area contributed by atoms with Gasteiger partial charge in [0.2, 0.25) is 0 Å². The third-order valence-corrected chi connectivity index (χ3v) is 1.69. The van der Waals surface area contributed by atoms with Crippen LogP contribution in [-0.4, -0.2) is 10.9 Å². The van der Waals surface area contributed by atoms with Gasteiger partial charge in [-0.2, -0.15) is 0 Å². The van der Waals surface area contributed by atoms with Gasteiger partial charge >= 0.3 is 0 Å². The van der Waals surface area contributed by atoms with Crippen LogP contribution in [0.2, 0.25) is 0 Å². The van der Waals surface area contributed by atoms with Crippen molar-refractivity contribution in [2.45, 2.75) is 17.1 Å². The van der Waals surface area contributed by atoms with Crippen LogP contribution >= 0.6 is 25.3 Å². The summed E-state index contributed by atoms with van der Waals surface area (Å²) in [4.78, 5) is 0. The second-order valence-electron chi connectivity index (χ2n) is 1.70. The van der Waals surface area contributed by atoms with Crippen molar-refractivity contribution < 1.29 is 4.74 Å². The molecule has 0 N–H and O–H groups in total. The molecule has 0 unspecified atom stereocenters. The smallest absolute Gasteiger partial charge is 0.155 e. The Balaban J connectivity index is 2.40. The second-order valence-corrected chi connectivity index (χ2v) is 3.49. The van der Waals surface area contributed by atoms with Crippen molar-refractivity contribution in [2.24, 2.45) is 0 Å². The van der Waals surface area contributed by atoms with E-state index in [0.717, 1.165) is 19.4 Å². The fraction of sp³-hybridized carbons (Fsp3) is 1.00.